The molecule has 27 heavy (non-hydrogen) atoms. The molecule has 2 aliphatic rings. The van der Waals surface area contributed by atoms with Crippen molar-refractivity contribution in [2.24, 2.45) is 12.5 Å². The number of aromatic nitrogens is 4. The number of hydrogen-bond acceptors (Lipinski definition) is 4. The van der Waals surface area contributed by atoms with Gasteiger partial charge in [0.05, 0.1) is 12.1 Å². The zero-order valence-corrected chi connectivity index (χ0v) is 15.5. The molecule has 1 amide bonds. The van der Waals surface area contributed by atoms with E-state index in [1.54, 1.807) is 0 Å². The van der Waals surface area contributed by atoms with Gasteiger partial charge in [-0.3, -0.25) is 14.8 Å². The molecular formula is C20H24N6O. The highest BCUT2D eigenvalue weighted by Gasteiger charge is 2.55. The number of nitrogens with one attached hydrogen (secondary N) is 2. The molecule has 1 aliphatic heterocycles. The second kappa shape index (κ2) is 6.20. The first-order valence-corrected chi connectivity index (χ1v) is 9.57. The number of aryl methyl sites for hydroxylation is 1. The van der Waals surface area contributed by atoms with Crippen molar-refractivity contribution < 1.29 is 4.79 Å². The highest BCUT2D eigenvalue weighted by atomic mass is 16.2. The van der Waals surface area contributed by atoms with Crippen molar-refractivity contribution in [1.29, 1.82) is 0 Å². The van der Waals surface area contributed by atoms with Gasteiger partial charge in [0.15, 0.2) is 5.69 Å². The number of carbonyl (C=O) groups excluding carboxylic acids is 1. The number of aromatic amines is 1. The van der Waals surface area contributed by atoms with Crippen molar-refractivity contribution >= 4 is 16.8 Å². The molecule has 1 atom stereocenters. The fraction of sp³-hybridized carbons (Fsp3) is 0.450. The van der Waals surface area contributed by atoms with Crippen LogP contribution < -0.4 is 5.32 Å². The average Bonchev–Trinajstić information content (AvgIpc) is 3.00. The Hall–Kier alpha value is -2.67. The van der Waals surface area contributed by atoms with E-state index in [0.717, 1.165) is 55.6 Å². The van der Waals surface area contributed by atoms with E-state index in [2.05, 4.69) is 30.0 Å². The van der Waals surface area contributed by atoms with E-state index in [4.69, 9.17) is 0 Å². The van der Waals surface area contributed by atoms with Gasteiger partial charge < -0.3 is 9.88 Å². The van der Waals surface area contributed by atoms with Gasteiger partial charge in [-0.2, -0.15) is 5.10 Å². The van der Waals surface area contributed by atoms with Crippen LogP contribution >= 0.6 is 0 Å². The zero-order valence-electron chi connectivity index (χ0n) is 15.5. The monoisotopic (exact) mass is 364 g/mol. The normalized spacial score (nSPS) is 21.6. The van der Waals surface area contributed by atoms with Crippen LogP contribution in [0.3, 0.4) is 0 Å². The summed E-state index contributed by atoms with van der Waals surface area (Å²) in [4.78, 5) is 19.6. The molecule has 1 saturated heterocycles. The Morgan fingerprint density at radius 3 is 2.93 bits per heavy atom. The number of piperidine rings is 1. The zero-order chi connectivity index (χ0) is 18.4. The van der Waals surface area contributed by atoms with Crippen LogP contribution in [0.1, 0.15) is 35.6 Å². The molecule has 5 rings (SSSR count). The Morgan fingerprint density at radius 2 is 2.15 bits per heavy atom. The molecule has 3 aromatic rings. The molecule has 1 unspecified atom stereocenters. The summed E-state index contributed by atoms with van der Waals surface area (Å²) in [6.07, 6.45) is 7.18. The second-order valence-electron chi connectivity index (χ2n) is 7.94. The molecule has 1 saturated carbocycles. The minimum absolute atomic E-state index is 0.0650. The minimum atomic E-state index is -0.0650. The van der Waals surface area contributed by atoms with Gasteiger partial charge in [0, 0.05) is 30.9 Å². The van der Waals surface area contributed by atoms with Crippen LogP contribution in [0, 0.1) is 5.41 Å². The lowest BCUT2D eigenvalue weighted by Gasteiger charge is -2.32. The predicted octanol–water partition coefficient (Wildman–Crippen LogP) is 2.08. The topological polar surface area (TPSA) is 78.8 Å². The fourth-order valence-electron chi connectivity index (χ4n) is 4.37. The number of likely N-dealkylation sites (tertiary alicyclic amines) is 1. The Labute approximate surface area is 157 Å². The molecule has 1 aliphatic carbocycles. The number of benzene rings is 1. The van der Waals surface area contributed by atoms with Crippen LogP contribution in [-0.4, -0.2) is 49.7 Å². The summed E-state index contributed by atoms with van der Waals surface area (Å²) >= 11 is 0. The third kappa shape index (κ3) is 2.92. The van der Waals surface area contributed by atoms with E-state index in [-0.39, 0.29) is 17.4 Å². The molecular weight excluding hydrogens is 340 g/mol. The van der Waals surface area contributed by atoms with Crippen LogP contribution in [0.15, 0.2) is 36.7 Å². The summed E-state index contributed by atoms with van der Waals surface area (Å²) in [7, 11) is 2.04. The van der Waals surface area contributed by atoms with Crippen molar-refractivity contribution in [3.63, 3.8) is 0 Å². The van der Waals surface area contributed by atoms with Gasteiger partial charge >= 0.3 is 0 Å². The summed E-state index contributed by atoms with van der Waals surface area (Å²) < 4.78 is 2.08. The summed E-state index contributed by atoms with van der Waals surface area (Å²) in [5.74, 6) is 1.04. The van der Waals surface area contributed by atoms with Gasteiger partial charge in [0.25, 0.3) is 5.91 Å². The minimum Gasteiger partial charge on any atom is -0.347 e. The second-order valence-corrected chi connectivity index (χ2v) is 7.94. The Bertz CT molecular complexity index is 981. The first kappa shape index (κ1) is 16.5. The van der Waals surface area contributed by atoms with Gasteiger partial charge in [0.1, 0.15) is 5.82 Å². The predicted molar refractivity (Wildman–Crippen MR) is 102 cm³/mol. The first-order valence-electron chi connectivity index (χ1n) is 9.57. The van der Waals surface area contributed by atoms with Crippen LogP contribution in [0.25, 0.3) is 10.9 Å². The molecule has 1 aromatic carbocycles. The molecule has 140 valence electrons. The number of H-pyrrole nitrogens is 1. The number of rotatable bonds is 4. The summed E-state index contributed by atoms with van der Waals surface area (Å²) in [5, 5.41) is 11.3. The number of amides is 1. The van der Waals surface area contributed by atoms with Gasteiger partial charge in [-0.05, 0) is 43.8 Å². The lowest BCUT2D eigenvalue weighted by Crippen LogP contribution is -2.38. The van der Waals surface area contributed by atoms with Crippen molar-refractivity contribution in [2.75, 3.05) is 13.1 Å². The van der Waals surface area contributed by atoms with Crippen molar-refractivity contribution in [2.45, 2.75) is 31.8 Å². The number of fused-ring (bicyclic) bond motifs is 1. The fourth-order valence-corrected chi connectivity index (χ4v) is 4.37. The van der Waals surface area contributed by atoms with Crippen LogP contribution in [0.5, 0.6) is 0 Å². The molecule has 2 fully saturated rings. The summed E-state index contributed by atoms with van der Waals surface area (Å²) in [5.41, 5.74) is 1.68. The van der Waals surface area contributed by atoms with Crippen LogP contribution in [0.2, 0.25) is 0 Å². The molecule has 7 nitrogen and oxygen atoms in total. The SMILES string of the molecule is Cn1ccnc1CN1CCC2(CC1)CC2NC(=O)c1n[nH]c2ccccc12. The average molecular weight is 364 g/mol. The van der Waals surface area contributed by atoms with Gasteiger partial charge in [-0.25, -0.2) is 4.98 Å². The van der Waals surface area contributed by atoms with Crippen molar-refractivity contribution in [3.8, 4) is 0 Å². The Balaban J connectivity index is 1.19. The van der Waals surface area contributed by atoms with E-state index in [0.29, 0.717) is 5.69 Å². The highest BCUT2D eigenvalue weighted by molar-refractivity contribution is 6.04. The van der Waals surface area contributed by atoms with Crippen LogP contribution in [-0.2, 0) is 13.6 Å². The number of hydrogen-bond donors (Lipinski definition) is 2. The van der Waals surface area contributed by atoms with Crippen molar-refractivity contribution in [1.82, 2.24) is 30.0 Å². The van der Waals surface area contributed by atoms with Crippen LogP contribution in [0.4, 0.5) is 0 Å². The highest BCUT2D eigenvalue weighted by Crippen LogP contribution is 2.54. The Kier molecular flexibility index (Phi) is 3.79. The number of carbonyl (C=O) groups is 1. The smallest absolute Gasteiger partial charge is 0.272 e. The molecule has 1 spiro atoms. The maximum absolute atomic E-state index is 12.7. The molecule has 3 heterocycles. The maximum Gasteiger partial charge on any atom is 0.272 e. The van der Waals surface area contributed by atoms with E-state index in [1.807, 2.05) is 43.7 Å². The molecule has 2 N–H and O–H groups in total. The molecule has 7 heteroatoms. The largest absolute Gasteiger partial charge is 0.347 e. The third-order valence-corrected chi connectivity index (χ3v) is 6.32. The first-order chi connectivity index (χ1) is 13.1. The number of imidazole rings is 1. The maximum atomic E-state index is 12.7. The van der Waals surface area contributed by atoms with E-state index in [1.165, 1.54) is 0 Å². The number of nitrogens with zero attached hydrogens (tertiary/aromatic N) is 4. The number of para-hydroxylation sites is 1. The molecule has 2 aromatic heterocycles. The lowest BCUT2D eigenvalue weighted by atomic mass is 9.92. The molecule has 0 bridgehead atoms. The quantitative estimate of drug-likeness (QED) is 0.743. The van der Waals surface area contributed by atoms with Crippen molar-refractivity contribution in [3.05, 3.63) is 48.2 Å². The third-order valence-electron chi connectivity index (χ3n) is 6.32. The summed E-state index contributed by atoms with van der Waals surface area (Å²) in [6, 6.07) is 8.03. The standard InChI is InChI=1S/C20H24N6O/c1-25-11-8-21-17(25)13-26-9-6-20(7-10-26)12-16(20)22-19(27)18-14-4-2-3-5-15(14)23-24-18/h2-5,8,11,16H,6-7,9-10,12-13H2,1H3,(H,22,27)(H,23,24). The van der Waals surface area contributed by atoms with Gasteiger partial charge in [0.2, 0.25) is 0 Å². The van der Waals surface area contributed by atoms with Gasteiger partial charge in [-0.15, -0.1) is 0 Å². The van der Waals surface area contributed by atoms with E-state index < -0.39 is 0 Å². The molecule has 0 radical (unpaired) electrons. The Morgan fingerprint density at radius 1 is 1.33 bits per heavy atom. The lowest BCUT2D eigenvalue weighted by molar-refractivity contribution is 0.0930. The summed E-state index contributed by atoms with van der Waals surface area (Å²) in [6.45, 7) is 3.02. The van der Waals surface area contributed by atoms with E-state index >= 15 is 0 Å². The van der Waals surface area contributed by atoms with E-state index in [9.17, 15) is 4.79 Å². The van der Waals surface area contributed by atoms with Gasteiger partial charge in [-0.1, -0.05) is 18.2 Å².